The maximum Gasteiger partial charge on any atom is 0.326 e. The molecule has 1 aliphatic carbocycles. The summed E-state index contributed by atoms with van der Waals surface area (Å²) in [4.78, 5) is 25.6. The minimum Gasteiger partial charge on any atom is -0.480 e. The zero-order chi connectivity index (χ0) is 16.1. The Kier molecular flexibility index (Phi) is 6.24. The first-order valence-corrected chi connectivity index (χ1v) is 8.62. The highest BCUT2D eigenvalue weighted by Gasteiger charge is 2.42. The second kappa shape index (κ2) is 7.95. The fourth-order valence-corrected chi connectivity index (χ4v) is 3.87. The molecule has 5 nitrogen and oxygen atoms in total. The molecule has 0 radical (unpaired) electrons. The van der Waals surface area contributed by atoms with Crippen LogP contribution in [-0.4, -0.2) is 47.7 Å². The second-order valence-electron chi connectivity index (χ2n) is 6.80. The molecule has 1 heterocycles. The lowest BCUT2D eigenvalue weighted by atomic mass is 9.79. The zero-order valence-electron chi connectivity index (χ0n) is 13.8. The molecule has 5 heteroatoms. The van der Waals surface area contributed by atoms with Crippen molar-refractivity contribution in [3.63, 3.8) is 0 Å². The van der Waals surface area contributed by atoms with Crippen LogP contribution in [0, 0.1) is 11.8 Å². The first-order chi connectivity index (χ1) is 10.6. The number of unbranched alkanes of at least 4 members (excludes halogenated alkanes) is 1. The molecule has 2 fully saturated rings. The molecule has 22 heavy (non-hydrogen) atoms. The van der Waals surface area contributed by atoms with Gasteiger partial charge in [0, 0.05) is 26.0 Å². The highest BCUT2D eigenvalue weighted by atomic mass is 16.5. The number of carbonyl (C=O) groups excluding carboxylic acids is 1. The highest BCUT2D eigenvalue weighted by molar-refractivity contribution is 5.86. The van der Waals surface area contributed by atoms with Crippen molar-refractivity contribution in [2.24, 2.45) is 11.8 Å². The molecule has 1 amide bonds. The predicted molar refractivity (Wildman–Crippen MR) is 83.5 cm³/mol. The number of carbonyl (C=O) groups is 2. The van der Waals surface area contributed by atoms with Gasteiger partial charge >= 0.3 is 5.97 Å². The van der Waals surface area contributed by atoms with Crippen LogP contribution in [0.2, 0.25) is 0 Å². The van der Waals surface area contributed by atoms with E-state index in [0.29, 0.717) is 13.0 Å². The van der Waals surface area contributed by atoms with Crippen molar-refractivity contribution in [2.45, 2.75) is 70.4 Å². The van der Waals surface area contributed by atoms with E-state index in [9.17, 15) is 14.7 Å². The smallest absolute Gasteiger partial charge is 0.326 e. The van der Waals surface area contributed by atoms with Crippen molar-refractivity contribution in [1.82, 2.24) is 4.90 Å². The van der Waals surface area contributed by atoms with Crippen LogP contribution in [0.15, 0.2) is 0 Å². The molecule has 0 aromatic rings. The maximum atomic E-state index is 12.7. The van der Waals surface area contributed by atoms with Gasteiger partial charge in [0.1, 0.15) is 6.04 Å². The Bertz CT molecular complexity index is 390. The summed E-state index contributed by atoms with van der Waals surface area (Å²) in [5.41, 5.74) is 0. The Morgan fingerprint density at radius 1 is 1.23 bits per heavy atom. The Hall–Kier alpha value is -1.10. The molecule has 2 atom stereocenters. The second-order valence-corrected chi connectivity index (χ2v) is 6.80. The number of hydrogen-bond acceptors (Lipinski definition) is 3. The summed E-state index contributed by atoms with van der Waals surface area (Å²) in [6.45, 7) is 2.63. The van der Waals surface area contributed by atoms with Gasteiger partial charge in [-0.15, -0.1) is 0 Å². The van der Waals surface area contributed by atoms with E-state index < -0.39 is 12.0 Å². The van der Waals surface area contributed by atoms with Gasteiger partial charge in [0.2, 0.25) is 5.91 Å². The summed E-state index contributed by atoms with van der Waals surface area (Å²) in [5, 5.41) is 9.33. The first-order valence-electron chi connectivity index (χ1n) is 8.62. The summed E-state index contributed by atoms with van der Waals surface area (Å²) in [6.07, 6.45) is 8.06. The van der Waals surface area contributed by atoms with E-state index in [1.807, 2.05) is 0 Å². The van der Waals surface area contributed by atoms with Gasteiger partial charge < -0.3 is 14.7 Å². The van der Waals surface area contributed by atoms with Gasteiger partial charge in [-0.2, -0.15) is 0 Å². The number of hydrogen-bond donors (Lipinski definition) is 1. The number of rotatable bonds is 6. The summed E-state index contributed by atoms with van der Waals surface area (Å²) < 4.78 is 5.26. The van der Waals surface area contributed by atoms with Gasteiger partial charge in [0.25, 0.3) is 0 Å². The van der Waals surface area contributed by atoms with Crippen LogP contribution in [0.25, 0.3) is 0 Å². The van der Waals surface area contributed by atoms with Crippen LogP contribution >= 0.6 is 0 Å². The van der Waals surface area contributed by atoms with Crippen LogP contribution in [0.5, 0.6) is 0 Å². The van der Waals surface area contributed by atoms with Gasteiger partial charge in [0.05, 0.1) is 6.10 Å². The first kappa shape index (κ1) is 17.3. The van der Waals surface area contributed by atoms with E-state index in [-0.39, 0.29) is 17.9 Å². The van der Waals surface area contributed by atoms with Gasteiger partial charge in [0.15, 0.2) is 0 Å². The third kappa shape index (κ3) is 4.00. The number of carboxylic acid groups (broad SMARTS) is 1. The van der Waals surface area contributed by atoms with E-state index >= 15 is 0 Å². The van der Waals surface area contributed by atoms with Crippen molar-refractivity contribution in [3.8, 4) is 0 Å². The number of aliphatic carboxylic acids is 1. The normalized spacial score (nSPS) is 32.2. The average Bonchev–Trinajstić information content (AvgIpc) is 2.97. The van der Waals surface area contributed by atoms with E-state index in [4.69, 9.17) is 4.74 Å². The molecular weight excluding hydrogens is 282 g/mol. The van der Waals surface area contributed by atoms with E-state index in [0.717, 1.165) is 31.6 Å². The van der Waals surface area contributed by atoms with Gasteiger partial charge in [-0.3, -0.25) is 4.79 Å². The lowest BCUT2D eigenvalue weighted by Gasteiger charge is -2.32. The molecule has 2 unspecified atom stereocenters. The molecule has 0 bridgehead atoms. The number of carboxylic acids is 1. The van der Waals surface area contributed by atoms with Crippen LogP contribution in [0.4, 0.5) is 0 Å². The number of nitrogens with zero attached hydrogens (tertiary/aromatic N) is 1. The Balaban J connectivity index is 1.90. The molecule has 2 aliphatic rings. The van der Waals surface area contributed by atoms with Crippen molar-refractivity contribution in [1.29, 1.82) is 0 Å². The van der Waals surface area contributed by atoms with Crippen molar-refractivity contribution in [2.75, 3.05) is 13.7 Å². The minimum atomic E-state index is -0.912. The molecule has 1 aliphatic heterocycles. The van der Waals surface area contributed by atoms with Gasteiger partial charge in [-0.25, -0.2) is 4.79 Å². The van der Waals surface area contributed by atoms with Crippen molar-refractivity contribution >= 4 is 11.9 Å². The van der Waals surface area contributed by atoms with Crippen LogP contribution in [0.1, 0.15) is 58.3 Å². The fraction of sp³-hybridized carbons (Fsp3) is 0.882. The third-order valence-corrected chi connectivity index (χ3v) is 5.33. The van der Waals surface area contributed by atoms with E-state index in [2.05, 4.69) is 6.92 Å². The van der Waals surface area contributed by atoms with E-state index in [1.165, 1.54) is 19.3 Å². The number of ether oxygens (including phenoxy) is 1. The fourth-order valence-electron chi connectivity index (χ4n) is 3.87. The predicted octanol–water partition coefficient (Wildman–Crippen LogP) is 2.68. The minimum absolute atomic E-state index is 0.00957. The third-order valence-electron chi connectivity index (χ3n) is 5.33. The number of amides is 1. The van der Waals surface area contributed by atoms with Crippen molar-refractivity contribution in [3.05, 3.63) is 0 Å². The molecule has 1 N–H and O–H groups in total. The summed E-state index contributed by atoms with van der Waals surface area (Å²) in [5.74, 6) is -0.120. The molecule has 126 valence electrons. The summed E-state index contributed by atoms with van der Waals surface area (Å²) in [7, 11) is 1.58. The molecule has 0 aromatic carbocycles. The largest absolute Gasteiger partial charge is 0.480 e. The number of likely N-dealkylation sites (tertiary alicyclic amines) is 1. The molecule has 1 saturated heterocycles. The van der Waals surface area contributed by atoms with Gasteiger partial charge in [-0.1, -0.05) is 26.2 Å². The summed E-state index contributed by atoms with van der Waals surface area (Å²) in [6, 6.07) is -0.713. The SMILES string of the molecule is CCCCC1CCC(C(=O)N2CC(OC)CC2C(=O)O)CC1. The van der Waals surface area contributed by atoms with E-state index in [1.54, 1.807) is 12.0 Å². The van der Waals surface area contributed by atoms with Gasteiger partial charge in [-0.05, 0) is 31.6 Å². The molecule has 1 saturated carbocycles. The molecule has 0 aromatic heterocycles. The van der Waals surface area contributed by atoms with Crippen molar-refractivity contribution < 1.29 is 19.4 Å². The Labute approximate surface area is 133 Å². The maximum absolute atomic E-state index is 12.7. The quantitative estimate of drug-likeness (QED) is 0.819. The molecule has 0 spiro atoms. The average molecular weight is 311 g/mol. The van der Waals surface area contributed by atoms with Crippen LogP contribution < -0.4 is 0 Å². The Morgan fingerprint density at radius 2 is 1.91 bits per heavy atom. The van der Waals surface area contributed by atoms with Crippen LogP contribution in [0.3, 0.4) is 0 Å². The standard InChI is InChI=1S/C17H29NO4/c1-3-4-5-12-6-8-13(9-7-12)16(19)18-11-14(22-2)10-15(18)17(20)21/h12-15H,3-11H2,1-2H3,(H,20,21). The Morgan fingerprint density at radius 3 is 2.45 bits per heavy atom. The topological polar surface area (TPSA) is 66.8 Å². The molecular formula is C17H29NO4. The lowest BCUT2D eigenvalue weighted by molar-refractivity contribution is -0.150. The highest BCUT2D eigenvalue weighted by Crippen LogP contribution is 2.34. The molecule has 2 rings (SSSR count). The van der Waals surface area contributed by atoms with Crippen LogP contribution in [-0.2, 0) is 14.3 Å². The number of methoxy groups -OCH3 is 1. The summed E-state index contributed by atoms with van der Waals surface area (Å²) >= 11 is 0. The lowest BCUT2D eigenvalue weighted by Crippen LogP contribution is -2.44. The zero-order valence-corrected chi connectivity index (χ0v) is 13.8. The monoisotopic (exact) mass is 311 g/mol.